The third-order valence-electron chi connectivity index (χ3n) is 4.75. The highest BCUT2D eigenvalue weighted by molar-refractivity contribution is 5.94. The van der Waals surface area contributed by atoms with E-state index in [1.807, 2.05) is 65.2 Å². The lowest BCUT2D eigenvalue weighted by molar-refractivity contribution is 0.0297. The molecule has 0 bridgehead atoms. The standard InChI is InChI=1S/C20H22N4O3/c1-22-9-3-4-18(22)17-14-19(20(25)23-10-12-27-13-11-23)24(21-17)15-5-7-16(26-2)8-6-15/h3-9,14H,10-13H2,1-2H3. The van der Waals surface area contributed by atoms with E-state index in [0.717, 1.165) is 22.8 Å². The van der Waals surface area contributed by atoms with Crippen LogP contribution in [0.3, 0.4) is 0 Å². The molecule has 0 atom stereocenters. The first kappa shape index (κ1) is 17.4. The number of hydrogen-bond acceptors (Lipinski definition) is 4. The van der Waals surface area contributed by atoms with Crippen LogP contribution in [0.2, 0.25) is 0 Å². The summed E-state index contributed by atoms with van der Waals surface area (Å²) in [6.45, 7) is 2.30. The number of rotatable bonds is 4. The Morgan fingerprint density at radius 2 is 1.89 bits per heavy atom. The normalized spacial score (nSPS) is 14.4. The van der Waals surface area contributed by atoms with Crippen LogP contribution in [0.25, 0.3) is 17.1 Å². The van der Waals surface area contributed by atoms with Gasteiger partial charge in [-0.2, -0.15) is 5.10 Å². The van der Waals surface area contributed by atoms with Gasteiger partial charge in [0.2, 0.25) is 0 Å². The Hall–Kier alpha value is -3.06. The second kappa shape index (κ2) is 7.28. The van der Waals surface area contributed by atoms with Crippen LogP contribution < -0.4 is 4.74 Å². The molecule has 1 amide bonds. The molecule has 27 heavy (non-hydrogen) atoms. The molecule has 7 heteroatoms. The van der Waals surface area contributed by atoms with Gasteiger partial charge in [-0.05, 0) is 42.5 Å². The minimum Gasteiger partial charge on any atom is -0.497 e. The lowest BCUT2D eigenvalue weighted by atomic mass is 10.2. The largest absolute Gasteiger partial charge is 0.497 e. The Kier molecular flexibility index (Phi) is 4.68. The van der Waals surface area contributed by atoms with Crippen LogP contribution >= 0.6 is 0 Å². The van der Waals surface area contributed by atoms with Gasteiger partial charge in [-0.1, -0.05) is 0 Å². The summed E-state index contributed by atoms with van der Waals surface area (Å²) in [5.74, 6) is 0.719. The maximum absolute atomic E-state index is 13.2. The molecule has 0 aliphatic carbocycles. The van der Waals surface area contributed by atoms with Crippen molar-refractivity contribution in [2.45, 2.75) is 0 Å². The van der Waals surface area contributed by atoms with Gasteiger partial charge in [0.25, 0.3) is 5.91 Å². The zero-order valence-corrected chi connectivity index (χ0v) is 15.5. The first-order valence-electron chi connectivity index (χ1n) is 8.90. The van der Waals surface area contributed by atoms with Crippen molar-refractivity contribution in [3.63, 3.8) is 0 Å². The molecule has 1 fully saturated rings. The topological polar surface area (TPSA) is 61.5 Å². The molecule has 2 aromatic heterocycles. The van der Waals surface area contributed by atoms with E-state index in [4.69, 9.17) is 14.6 Å². The van der Waals surface area contributed by atoms with Gasteiger partial charge in [-0.3, -0.25) is 4.79 Å². The summed E-state index contributed by atoms with van der Waals surface area (Å²) in [4.78, 5) is 15.0. The van der Waals surface area contributed by atoms with Gasteiger partial charge in [0.05, 0.1) is 31.7 Å². The Morgan fingerprint density at radius 3 is 2.52 bits per heavy atom. The van der Waals surface area contributed by atoms with Crippen LogP contribution in [0.4, 0.5) is 0 Å². The van der Waals surface area contributed by atoms with Crippen LogP contribution in [-0.2, 0) is 11.8 Å². The van der Waals surface area contributed by atoms with Crippen molar-refractivity contribution < 1.29 is 14.3 Å². The molecular formula is C20H22N4O3. The maximum atomic E-state index is 13.2. The van der Waals surface area contributed by atoms with Crippen molar-refractivity contribution in [1.29, 1.82) is 0 Å². The number of amides is 1. The predicted molar refractivity (Wildman–Crippen MR) is 101 cm³/mol. The van der Waals surface area contributed by atoms with Crippen molar-refractivity contribution in [1.82, 2.24) is 19.2 Å². The maximum Gasteiger partial charge on any atom is 0.272 e. The van der Waals surface area contributed by atoms with Crippen LogP contribution in [0.1, 0.15) is 10.5 Å². The second-order valence-electron chi connectivity index (χ2n) is 6.43. The Bertz CT molecular complexity index is 937. The van der Waals surface area contributed by atoms with Gasteiger partial charge in [-0.25, -0.2) is 4.68 Å². The summed E-state index contributed by atoms with van der Waals surface area (Å²) in [7, 11) is 3.59. The monoisotopic (exact) mass is 366 g/mol. The molecule has 1 saturated heterocycles. The number of benzene rings is 1. The van der Waals surface area contributed by atoms with Crippen LogP contribution in [0.5, 0.6) is 5.75 Å². The van der Waals surface area contributed by atoms with E-state index in [-0.39, 0.29) is 5.91 Å². The van der Waals surface area contributed by atoms with Gasteiger partial charge in [0, 0.05) is 26.3 Å². The fourth-order valence-electron chi connectivity index (χ4n) is 3.23. The molecule has 1 aliphatic heterocycles. The number of morpholine rings is 1. The molecule has 1 aromatic carbocycles. The highest BCUT2D eigenvalue weighted by atomic mass is 16.5. The van der Waals surface area contributed by atoms with E-state index < -0.39 is 0 Å². The van der Waals surface area contributed by atoms with Crippen molar-refractivity contribution in [3.8, 4) is 22.8 Å². The summed E-state index contributed by atoms with van der Waals surface area (Å²) >= 11 is 0. The molecule has 0 spiro atoms. The number of methoxy groups -OCH3 is 1. The molecule has 0 saturated carbocycles. The molecule has 0 N–H and O–H groups in total. The van der Waals surface area contributed by atoms with E-state index in [1.165, 1.54) is 0 Å². The van der Waals surface area contributed by atoms with Crippen molar-refractivity contribution in [2.24, 2.45) is 7.05 Å². The SMILES string of the molecule is COc1ccc(-n2nc(-c3cccn3C)cc2C(=O)N2CCOCC2)cc1. The Labute approximate surface area is 157 Å². The summed E-state index contributed by atoms with van der Waals surface area (Å²) in [6.07, 6.45) is 1.96. The molecule has 3 aromatic rings. The summed E-state index contributed by atoms with van der Waals surface area (Å²) in [6, 6.07) is 13.3. The highest BCUT2D eigenvalue weighted by Crippen LogP contribution is 2.24. The predicted octanol–water partition coefficient (Wildman–Crippen LogP) is 2.36. The van der Waals surface area contributed by atoms with E-state index in [2.05, 4.69) is 0 Å². The first-order chi connectivity index (χ1) is 13.2. The minimum absolute atomic E-state index is 0.0397. The molecule has 0 unspecified atom stereocenters. The molecule has 1 aliphatic rings. The van der Waals surface area contributed by atoms with Gasteiger partial charge < -0.3 is 18.9 Å². The van der Waals surface area contributed by atoms with Crippen LogP contribution in [0.15, 0.2) is 48.7 Å². The first-order valence-corrected chi connectivity index (χ1v) is 8.90. The summed E-state index contributed by atoms with van der Waals surface area (Å²) in [5.41, 5.74) is 3.07. The van der Waals surface area contributed by atoms with Gasteiger partial charge in [-0.15, -0.1) is 0 Å². The third-order valence-corrected chi connectivity index (χ3v) is 4.75. The smallest absolute Gasteiger partial charge is 0.272 e. The number of aromatic nitrogens is 3. The minimum atomic E-state index is -0.0397. The molecular weight excluding hydrogens is 344 g/mol. The average molecular weight is 366 g/mol. The zero-order chi connectivity index (χ0) is 18.8. The number of aryl methyl sites for hydroxylation is 1. The molecule has 0 radical (unpaired) electrons. The average Bonchev–Trinajstić information content (AvgIpc) is 3.34. The Morgan fingerprint density at radius 1 is 1.15 bits per heavy atom. The van der Waals surface area contributed by atoms with Crippen molar-refractivity contribution >= 4 is 5.91 Å². The summed E-state index contributed by atoms with van der Waals surface area (Å²) < 4.78 is 14.3. The van der Waals surface area contributed by atoms with Gasteiger partial charge >= 0.3 is 0 Å². The number of nitrogens with zero attached hydrogens (tertiary/aromatic N) is 4. The fraction of sp³-hybridized carbons (Fsp3) is 0.300. The number of hydrogen-bond donors (Lipinski definition) is 0. The number of carbonyl (C=O) groups excluding carboxylic acids is 1. The highest BCUT2D eigenvalue weighted by Gasteiger charge is 2.24. The third kappa shape index (κ3) is 3.33. The van der Waals surface area contributed by atoms with Crippen LogP contribution in [-0.4, -0.2) is 58.6 Å². The number of carbonyl (C=O) groups is 1. The van der Waals surface area contributed by atoms with E-state index >= 15 is 0 Å². The van der Waals surface area contributed by atoms with Gasteiger partial charge in [0.15, 0.2) is 0 Å². The van der Waals surface area contributed by atoms with E-state index in [0.29, 0.717) is 32.0 Å². The lowest BCUT2D eigenvalue weighted by Crippen LogP contribution is -2.41. The fourth-order valence-corrected chi connectivity index (χ4v) is 3.23. The van der Waals surface area contributed by atoms with Crippen LogP contribution in [0, 0.1) is 0 Å². The number of ether oxygens (including phenoxy) is 2. The lowest BCUT2D eigenvalue weighted by Gasteiger charge is -2.26. The molecule has 4 rings (SSSR count). The molecule has 3 heterocycles. The Balaban J connectivity index is 1.78. The zero-order valence-electron chi connectivity index (χ0n) is 15.5. The summed E-state index contributed by atoms with van der Waals surface area (Å²) in [5, 5.41) is 4.73. The van der Waals surface area contributed by atoms with E-state index in [1.54, 1.807) is 11.8 Å². The van der Waals surface area contributed by atoms with Gasteiger partial charge in [0.1, 0.15) is 17.1 Å². The van der Waals surface area contributed by atoms with E-state index in [9.17, 15) is 4.79 Å². The second-order valence-corrected chi connectivity index (χ2v) is 6.43. The van der Waals surface area contributed by atoms with Crippen molar-refractivity contribution in [3.05, 3.63) is 54.4 Å². The molecule has 140 valence electrons. The van der Waals surface area contributed by atoms with Crippen molar-refractivity contribution in [2.75, 3.05) is 33.4 Å². The molecule has 7 nitrogen and oxygen atoms in total. The quantitative estimate of drug-likeness (QED) is 0.711.